The number of nitrogens with zero attached hydrogens (tertiary/aromatic N) is 2. The molecule has 1 atom stereocenters. The molecule has 1 fully saturated rings. The number of likely N-dealkylation sites (tertiary alicyclic amines) is 1. The second-order valence-corrected chi connectivity index (χ2v) is 11.1. The molecule has 2 N–H and O–H groups in total. The highest BCUT2D eigenvalue weighted by molar-refractivity contribution is 5.86. The largest absolute Gasteiger partial charge is 0.492 e. The maximum atomic E-state index is 12.0. The van der Waals surface area contributed by atoms with E-state index in [0.717, 1.165) is 55.6 Å². The van der Waals surface area contributed by atoms with Crippen molar-refractivity contribution in [1.82, 2.24) is 20.1 Å². The van der Waals surface area contributed by atoms with Crippen molar-refractivity contribution >= 4 is 29.5 Å². The summed E-state index contributed by atoms with van der Waals surface area (Å²) in [5.74, 6) is 0.786. The number of benzene rings is 2. The Balaban J connectivity index is 1.30. The van der Waals surface area contributed by atoms with Crippen LogP contribution in [0.3, 0.4) is 0 Å². The van der Waals surface area contributed by atoms with Gasteiger partial charge in [-0.25, -0.2) is 0 Å². The second-order valence-electron chi connectivity index (χ2n) is 11.1. The zero-order valence-corrected chi connectivity index (χ0v) is 23.1. The van der Waals surface area contributed by atoms with Gasteiger partial charge < -0.3 is 24.7 Å². The summed E-state index contributed by atoms with van der Waals surface area (Å²) in [5.41, 5.74) is 7.04. The van der Waals surface area contributed by atoms with Crippen LogP contribution in [-0.4, -0.2) is 66.2 Å². The van der Waals surface area contributed by atoms with E-state index in [4.69, 9.17) is 4.74 Å². The van der Waals surface area contributed by atoms with Gasteiger partial charge >= 0.3 is 0 Å². The number of carbonyl (C=O) groups excluding carboxylic acids is 3. The number of H-pyrrole nitrogens is 1. The van der Waals surface area contributed by atoms with Crippen LogP contribution in [-0.2, 0) is 32.9 Å². The average molecular weight is 531 g/mol. The molecule has 0 saturated carbocycles. The molecular weight excluding hydrogens is 492 g/mol. The third-order valence-electron chi connectivity index (χ3n) is 8.73. The summed E-state index contributed by atoms with van der Waals surface area (Å²) in [5, 5.41) is 3.90. The van der Waals surface area contributed by atoms with Crippen LogP contribution in [0.1, 0.15) is 53.5 Å². The lowest BCUT2D eigenvalue weighted by atomic mass is 9.73. The van der Waals surface area contributed by atoms with E-state index in [9.17, 15) is 14.4 Å². The molecule has 1 saturated heterocycles. The van der Waals surface area contributed by atoms with Gasteiger partial charge in [-0.05, 0) is 86.7 Å². The summed E-state index contributed by atoms with van der Waals surface area (Å²) in [4.78, 5) is 42.9. The third kappa shape index (κ3) is 5.30. The molecule has 8 heteroatoms. The number of aromatic amines is 1. The summed E-state index contributed by atoms with van der Waals surface area (Å²) in [6.45, 7) is 8.06. The first kappa shape index (κ1) is 26.9. The van der Waals surface area contributed by atoms with Crippen molar-refractivity contribution in [3.8, 4) is 5.75 Å². The summed E-state index contributed by atoms with van der Waals surface area (Å²) in [6.07, 6.45) is 6.06. The number of aromatic nitrogens is 1. The van der Waals surface area contributed by atoms with Crippen LogP contribution in [0.25, 0.3) is 10.9 Å². The molecule has 3 aromatic rings. The fourth-order valence-electron chi connectivity index (χ4n) is 6.24. The first-order chi connectivity index (χ1) is 18.9. The Morgan fingerprint density at radius 2 is 1.97 bits per heavy atom. The minimum absolute atomic E-state index is 0.0421. The van der Waals surface area contributed by atoms with Crippen LogP contribution in [0, 0.1) is 13.8 Å². The van der Waals surface area contributed by atoms with E-state index in [-0.39, 0.29) is 17.7 Å². The highest BCUT2D eigenvalue weighted by atomic mass is 16.5. The molecule has 3 heterocycles. The summed E-state index contributed by atoms with van der Waals surface area (Å²) in [7, 11) is 1.56. The molecule has 5 rings (SSSR count). The fourth-order valence-corrected chi connectivity index (χ4v) is 6.24. The van der Waals surface area contributed by atoms with E-state index in [1.807, 2.05) is 6.92 Å². The highest BCUT2D eigenvalue weighted by Crippen LogP contribution is 2.47. The quantitative estimate of drug-likeness (QED) is 0.389. The number of piperidine rings is 1. The molecule has 0 bridgehead atoms. The van der Waals surface area contributed by atoms with Crippen molar-refractivity contribution in [2.45, 2.75) is 64.1 Å². The fraction of sp³-hybridized carbons (Fsp3) is 0.452. The number of carbonyl (C=O) groups is 3. The zero-order chi connectivity index (χ0) is 27.6. The molecule has 2 aromatic carbocycles. The molecule has 2 amide bonds. The molecule has 2 aliphatic rings. The standard InChI is InChI=1S/C31H38N4O4/c1-21-13-28-26(14-24(21)17-35(20-37)25(18-36)7-8-29(38)32-3)31(19-39-28)9-11-34(12-10-31)16-23-5-4-6-27-30(23)22(2)15-33-27/h4-6,13-15,18,20,25,33H,7-12,16-17,19H2,1-3H3,(H,32,38). The number of rotatable bonds is 10. The smallest absolute Gasteiger partial charge is 0.219 e. The van der Waals surface area contributed by atoms with Gasteiger partial charge in [0, 0.05) is 54.6 Å². The van der Waals surface area contributed by atoms with Gasteiger partial charge in [0.2, 0.25) is 12.3 Å². The Morgan fingerprint density at radius 1 is 1.18 bits per heavy atom. The monoisotopic (exact) mass is 530 g/mol. The lowest BCUT2D eigenvalue weighted by molar-refractivity contribution is -0.127. The van der Waals surface area contributed by atoms with E-state index in [2.05, 4.69) is 58.7 Å². The Labute approximate surface area is 229 Å². The van der Waals surface area contributed by atoms with Gasteiger partial charge in [0.25, 0.3) is 0 Å². The van der Waals surface area contributed by atoms with Crippen LogP contribution in [0.4, 0.5) is 0 Å². The van der Waals surface area contributed by atoms with Crippen molar-refractivity contribution in [2.75, 3.05) is 26.7 Å². The lowest BCUT2D eigenvalue weighted by Gasteiger charge is -2.39. The first-order valence-corrected chi connectivity index (χ1v) is 13.8. The number of nitrogens with one attached hydrogen (secondary N) is 2. The highest BCUT2D eigenvalue weighted by Gasteiger charge is 2.43. The van der Waals surface area contributed by atoms with Gasteiger partial charge in [-0.15, -0.1) is 0 Å². The summed E-state index contributed by atoms with van der Waals surface area (Å²) < 4.78 is 6.21. The van der Waals surface area contributed by atoms with E-state index >= 15 is 0 Å². The van der Waals surface area contributed by atoms with E-state index in [1.54, 1.807) is 7.05 Å². The number of amides is 2. The molecule has 0 aliphatic carbocycles. The Hall–Kier alpha value is -3.65. The second kappa shape index (κ2) is 11.2. The van der Waals surface area contributed by atoms with Gasteiger partial charge in [0.1, 0.15) is 12.0 Å². The van der Waals surface area contributed by atoms with Crippen molar-refractivity contribution < 1.29 is 19.1 Å². The molecule has 8 nitrogen and oxygen atoms in total. The predicted molar refractivity (Wildman–Crippen MR) is 151 cm³/mol. The zero-order valence-electron chi connectivity index (χ0n) is 23.1. The normalized spacial score (nSPS) is 17.0. The molecule has 1 spiro atoms. The van der Waals surface area contributed by atoms with Crippen LogP contribution in [0.15, 0.2) is 36.5 Å². The molecule has 0 radical (unpaired) electrons. The summed E-state index contributed by atoms with van der Waals surface area (Å²) in [6, 6.07) is 10.1. The first-order valence-electron chi connectivity index (χ1n) is 13.8. The van der Waals surface area contributed by atoms with Crippen molar-refractivity contribution in [3.63, 3.8) is 0 Å². The number of fused-ring (bicyclic) bond motifs is 3. The minimum atomic E-state index is -0.644. The Kier molecular flexibility index (Phi) is 7.75. The number of hydrogen-bond acceptors (Lipinski definition) is 5. The van der Waals surface area contributed by atoms with Gasteiger partial charge in [0.15, 0.2) is 0 Å². The Morgan fingerprint density at radius 3 is 2.69 bits per heavy atom. The Bertz CT molecular complexity index is 1370. The number of hydrogen-bond donors (Lipinski definition) is 2. The molecule has 39 heavy (non-hydrogen) atoms. The predicted octanol–water partition coefficient (Wildman–Crippen LogP) is 3.76. The SMILES string of the molecule is CNC(=O)CCC(C=O)N(C=O)Cc1cc2c(cc1C)OCC21CCN(Cc2cccc3[nH]cc(C)c23)CC1. The van der Waals surface area contributed by atoms with E-state index < -0.39 is 6.04 Å². The molecule has 2 aliphatic heterocycles. The summed E-state index contributed by atoms with van der Waals surface area (Å²) >= 11 is 0. The number of aldehydes is 1. The van der Waals surface area contributed by atoms with Crippen LogP contribution >= 0.6 is 0 Å². The number of aryl methyl sites for hydroxylation is 2. The molecule has 206 valence electrons. The van der Waals surface area contributed by atoms with Crippen LogP contribution in [0.2, 0.25) is 0 Å². The van der Waals surface area contributed by atoms with Crippen LogP contribution < -0.4 is 10.1 Å². The molecule has 1 unspecified atom stereocenters. The van der Waals surface area contributed by atoms with Gasteiger partial charge in [-0.2, -0.15) is 0 Å². The van der Waals surface area contributed by atoms with E-state index in [1.165, 1.54) is 32.5 Å². The van der Waals surface area contributed by atoms with Crippen LogP contribution in [0.5, 0.6) is 5.75 Å². The average Bonchev–Trinajstić information content (AvgIpc) is 3.50. The van der Waals surface area contributed by atoms with Crippen molar-refractivity contribution in [3.05, 3.63) is 64.3 Å². The topological polar surface area (TPSA) is 94.7 Å². The van der Waals surface area contributed by atoms with Crippen molar-refractivity contribution in [1.29, 1.82) is 0 Å². The molecular formula is C31H38N4O4. The number of ether oxygens (including phenoxy) is 1. The lowest BCUT2D eigenvalue weighted by Crippen LogP contribution is -2.43. The van der Waals surface area contributed by atoms with Gasteiger partial charge in [-0.3, -0.25) is 14.5 Å². The maximum Gasteiger partial charge on any atom is 0.219 e. The minimum Gasteiger partial charge on any atom is -0.492 e. The van der Waals surface area contributed by atoms with E-state index in [0.29, 0.717) is 26.0 Å². The third-order valence-corrected chi connectivity index (χ3v) is 8.73. The van der Waals surface area contributed by atoms with Gasteiger partial charge in [0.05, 0.1) is 12.6 Å². The maximum absolute atomic E-state index is 12.0. The molecule has 1 aromatic heterocycles. The van der Waals surface area contributed by atoms with Crippen molar-refractivity contribution in [2.24, 2.45) is 0 Å². The van der Waals surface area contributed by atoms with Gasteiger partial charge in [-0.1, -0.05) is 12.1 Å².